The van der Waals surface area contributed by atoms with Crippen LogP contribution in [0.15, 0.2) is 79.1 Å². The number of nitrogens with zero attached hydrogens (tertiary/aromatic N) is 6. The summed E-state index contributed by atoms with van der Waals surface area (Å²) in [5, 5.41) is 7.98. The van der Waals surface area contributed by atoms with Crippen LogP contribution in [0.1, 0.15) is 58.0 Å². The van der Waals surface area contributed by atoms with Gasteiger partial charge in [-0.1, -0.05) is 24.3 Å². The molecule has 5 aromatic rings. The number of rotatable bonds is 7. The van der Waals surface area contributed by atoms with Crippen LogP contribution in [0.25, 0.3) is 22.3 Å². The van der Waals surface area contributed by atoms with Crippen molar-refractivity contribution in [1.82, 2.24) is 34.9 Å². The molecule has 3 N–H and O–H groups in total. The van der Waals surface area contributed by atoms with Crippen molar-refractivity contribution in [2.24, 2.45) is 0 Å². The number of nitrogens with one attached hydrogen (secondary N) is 1. The fourth-order valence-corrected chi connectivity index (χ4v) is 6.95. The van der Waals surface area contributed by atoms with Crippen LogP contribution in [-0.4, -0.2) is 72.3 Å². The zero-order valence-electron chi connectivity index (χ0n) is 26.4. The van der Waals surface area contributed by atoms with E-state index >= 15 is 0 Å². The maximum Gasteiger partial charge on any atom is 0.262 e. The molecule has 49 heavy (non-hydrogen) atoms. The van der Waals surface area contributed by atoms with Crippen LogP contribution < -0.4 is 15.8 Å². The summed E-state index contributed by atoms with van der Waals surface area (Å²) in [6.07, 6.45) is 3.30. The molecule has 3 aromatic carbocycles. The number of anilines is 1. The second kappa shape index (κ2) is 12.3. The third-order valence-corrected chi connectivity index (χ3v) is 9.44. The van der Waals surface area contributed by atoms with Gasteiger partial charge in [0.2, 0.25) is 11.8 Å². The highest BCUT2D eigenvalue weighted by atomic mass is 16.5. The summed E-state index contributed by atoms with van der Waals surface area (Å²) in [5.41, 5.74) is 10.1. The third kappa shape index (κ3) is 5.57. The molecule has 5 heterocycles. The lowest BCUT2D eigenvalue weighted by Crippen LogP contribution is -2.54. The third-order valence-electron chi connectivity index (χ3n) is 9.44. The van der Waals surface area contributed by atoms with Gasteiger partial charge in [-0.3, -0.25) is 34.3 Å². The van der Waals surface area contributed by atoms with E-state index in [2.05, 4.69) is 20.2 Å². The number of nitrogen functional groups attached to an aromatic ring is 1. The van der Waals surface area contributed by atoms with E-state index in [0.717, 1.165) is 47.7 Å². The Bertz CT molecular complexity index is 2120. The summed E-state index contributed by atoms with van der Waals surface area (Å²) in [7, 11) is 0. The fourth-order valence-electron chi connectivity index (χ4n) is 6.95. The quantitative estimate of drug-likeness (QED) is 0.244. The zero-order valence-corrected chi connectivity index (χ0v) is 26.4. The second-order valence-corrected chi connectivity index (χ2v) is 12.5. The molecule has 0 saturated carbocycles. The molecule has 3 aliphatic heterocycles. The summed E-state index contributed by atoms with van der Waals surface area (Å²) >= 11 is 0. The van der Waals surface area contributed by atoms with Crippen LogP contribution in [-0.2, 0) is 16.1 Å². The highest BCUT2D eigenvalue weighted by Crippen LogP contribution is 2.36. The van der Waals surface area contributed by atoms with Gasteiger partial charge in [-0.15, -0.1) is 0 Å². The first kappa shape index (κ1) is 30.4. The Balaban J connectivity index is 0.963. The molecule has 2 aromatic heterocycles. The molecule has 13 nitrogen and oxygen atoms in total. The second-order valence-electron chi connectivity index (χ2n) is 12.5. The molecule has 0 unspecified atom stereocenters. The smallest absolute Gasteiger partial charge is 0.262 e. The highest BCUT2D eigenvalue weighted by molar-refractivity contribution is 6.23. The molecular formula is C36H32N8O5. The van der Waals surface area contributed by atoms with Gasteiger partial charge in [0, 0.05) is 31.6 Å². The molecule has 2 fully saturated rings. The molecule has 0 bridgehead atoms. The first-order valence-corrected chi connectivity index (χ1v) is 16.2. The van der Waals surface area contributed by atoms with Gasteiger partial charge >= 0.3 is 0 Å². The Hall–Kier alpha value is -5.95. The number of carbonyl (C=O) groups excluding carboxylic acids is 4. The van der Waals surface area contributed by atoms with Crippen molar-refractivity contribution in [1.29, 1.82) is 0 Å². The maximum atomic E-state index is 13.3. The van der Waals surface area contributed by atoms with Gasteiger partial charge in [-0.05, 0) is 73.4 Å². The van der Waals surface area contributed by atoms with E-state index in [9.17, 15) is 19.2 Å². The van der Waals surface area contributed by atoms with Crippen molar-refractivity contribution in [2.75, 3.05) is 18.8 Å². The number of benzene rings is 3. The van der Waals surface area contributed by atoms with Crippen molar-refractivity contribution in [3.05, 3.63) is 95.8 Å². The number of para-hydroxylation sites is 1. The van der Waals surface area contributed by atoms with Crippen molar-refractivity contribution in [3.63, 3.8) is 0 Å². The lowest BCUT2D eigenvalue weighted by Gasteiger charge is -2.32. The minimum absolute atomic E-state index is 0.0820. The standard InChI is InChI=1S/C36H32N8O5/c37-32-30-31(22-7-9-25(10-8-22)49-24-4-2-1-3-5-24)41-44(33(30)39-20-38-32)23-14-16-42(17-15-23)19-21-6-11-26-27(18-21)36(48)43(35(26)47)28-12-13-29(45)40-34(28)46/h1-11,18,20,23,28H,12-17,19H2,(H2,37,38,39)(H,40,45,46)/t28-/m0/s1. The van der Waals surface area contributed by atoms with E-state index in [1.165, 1.54) is 6.33 Å². The van der Waals surface area contributed by atoms with E-state index < -0.39 is 29.7 Å². The van der Waals surface area contributed by atoms with Crippen molar-refractivity contribution in [2.45, 2.75) is 44.3 Å². The summed E-state index contributed by atoms with van der Waals surface area (Å²) < 4.78 is 7.93. The number of hydrogen-bond acceptors (Lipinski definition) is 10. The Morgan fingerprint density at radius 3 is 2.33 bits per heavy atom. The number of amides is 4. The molecule has 2 saturated heterocycles. The number of imide groups is 2. The first-order chi connectivity index (χ1) is 23.8. The van der Waals surface area contributed by atoms with E-state index in [4.69, 9.17) is 15.6 Å². The van der Waals surface area contributed by atoms with Crippen LogP contribution in [0.2, 0.25) is 0 Å². The first-order valence-electron chi connectivity index (χ1n) is 16.2. The molecule has 1 atom stereocenters. The van der Waals surface area contributed by atoms with Gasteiger partial charge in [-0.2, -0.15) is 5.10 Å². The Morgan fingerprint density at radius 2 is 1.57 bits per heavy atom. The zero-order chi connectivity index (χ0) is 33.6. The van der Waals surface area contributed by atoms with Gasteiger partial charge in [0.15, 0.2) is 5.65 Å². The fraction of sp³-hybridized carbons (Fsp3) is 0.250. The Morgan fingerprint density at radius 1 is 0.837 bits per heavy atom. The lowest BCUT2D eigenvalue weighted by molar-refractivity contribution is -0.136. The predicted octanol–water partition coefficient (Wildman–Crippen LogP) is 4.11. The average molecular weight is 657 g/mol. The molecule has 13 heteroatoms. The summed E-state index contributed by atoms with van der Waals surface area (Å²) in [6.45, 7) is 2.15. The molecule has 246 valence electrons. The SMILES string of the molecule is Nc1ncnc2c1c(-c1ccc(Oc3ccccc3)cc1)nn2C1CCN(Cc2ccc3c(c2)C(=O)N([C@H]2CCC(=O)NC2=O)C3=O)CC1. The monoisotopic (exact) mass is 656 g/mol. The Kier molecular flexibility index (Phi) is 7.60. The Labute approximate surface area is 280 Å². The van der Waals surface area contributed by atoms with Gasteiger partial charge in [0.25, 0.3) is 11.8 Å². The van der Waals surface area contributed by atoms with Crippen LogP contribution >= 0.6 is 0 Å². The number of aromatic nitrogens is 4. The summed E-state index contributed by atoms with van der Waals surface area (Å²) in [6, 6.07) is 21.7. The largest absolute Gasteiger partial charge is 0.457 e. The average Bonchev–Trinajstić information content (AvgIpc) is 3.62. The maximum absolute atomic E-state index is 13.3. The van der Waals surface area contributed by atoms with E-state index in [0.29, 0.717) is 34.8 Å². The molecule has 0 radical (unpaired) electrons. The number of nitrogens with two attached hydrogens (primary N) is 1. The van der Waals surface area contributed by atoms with Crippen LogP contribution in [0.3, 0.4) is 0 Å². The number of likely N-dealkylation sites (tertiary alicyclic amines) is 1. The summed E-state index contributed by atoms with van der Waals surface area (Å²) in [5.74, 6) is -0.195. The highest BCUT2D eigenvalue weighted by Gasteiger charge is 2.44. The van der Waals surface area contributed by atoms with Crippen LogP contribution in [0, 0.1) is 0 Å². The normalized spacial score (nSPS) is 18.6. The molecule has 0 aliphatic carbocycles. The number of hydrogen-bond donors (Lipinski definition) is 2. The molecule has 4 amide bonds. The van der Waals surface area contributed by atoms with Crippen LogP contribution in [0.5, 0.6) is 11.5 Å². The van der Waals surface area contributed by atoms with Gasteiger partial charge in [0.1, 0.15) is 35.4 Å². The van der Waals surface area contributed by atoms with Gasteiger partial charge < -0.3 is 10.5 Å². The van der Waals surface area contributed by atoms with E-state index in [1.807, 2.05) is 65.3 Å². The molecule has 8 rings (SSSR count). The van der Waals surface area contributed by atoms with Crippen molar-refractivity contribution < 1.29 is 23.9 Å². The molecule has 3 aliphatic rings. The van der Waals surface area contributed by atoms with E-state index in [1.54, 1.807) is 12.1 Å². The minimum atomic E-state index is -0.986. The van der Waals surface area contributed by atoms with Crippen LogP contribution in [0.4, 0.5) is 5.82 Å². The summed E-state index contributed by atoms with van der Waals surface area (Å²) in [4.78, 5) is 62.5. The lowest BCUT2D eigenvalue weighted by atomic mass is 10.0. The topological polar surface area (TPSA) is 166 Å². The number of ether oxygens (including phenoxy) is 1. The minimum Gasteiger partial charge on any atom is -0.457 e. The van der Waals surface area contributed by atoms with Gasteiger partial charge in [-0.25, -0.2) is 14.6 Å². The number of carbonyl (C=O) groups is 4. The number of piperidine rings is 2. The van der Waals surface area contributed by atoms with Crippen molar-refractivity contribution in [3.8, 4) is 22.8 Å². The molecule has 0 spiro atoms. The van der Waals surface area contributed by atoms with E-state index in [-0.39, 0.29) is 30.0 Å². The number of fused-ring (bicyclic) bond motifs is 2. The van der Waals surface area contributed by atoms with Gasteiger partial charge in [0.05, 0.1) is 22.6 Å². The molecular weight excluding hydrogens is 624 g/mol. The van der Waals surface area contributed by atoms with Crippen molar-refractivity contribution >= 4 is 40.5 Å². The predicted molar refractivity (Wildman–Crippen MR) is 178 cm³/mol.